The fourth-order valence-electron chi connectivity index (χ4n) is 2.65. The van der Waals surface area contributed by atoms with E-state index in [1.165, 1.54) is 36.8 Å². The first-order chi connectivity index (χ1) is 9.77. The SMILES string of the molecule is C=Nc1c(/C=C\C)c(C)cn1C1CCCC1.CC.CO. The van der Waals surface area contributed by atoms with Crippen molar-refractivity contribution < 1.29 is 5.11 Å². The number of allylic oxidation sites excluding steroid dienone is 1. The first kappa shape index (κ1) is 18.7. The standard InChI is InChI=1S/C14H20N2.C2H6.CH4O/c1-4-7-13-11(2)10-16(14(13)15-3)12-8-5-6-9-12;2*1-2/h4,7,10,12H,3,5-6,8-9H2,1-2H3;1-2H3;2H,1H3/b7-4-;;. The Kier molecular flexibility index (Phi) is 9.73. The number of aliphatic hydroxyl groups excluding tert-OH is 1. The number of aliphatic hydroxyl groups is 1. The predicted molar refractivity (Wildman–Crippen MR) is 90.1 cm³/mol. The van der Waals surface area contributed by atoms with Crippen LogP contribution in [0.5, 0.6) is 0 Å². The third-order valence-electron chi connectivity index (χ3n) is 3.44. The van der Waals surface area contributed by atoms with Gasteiger partial charge >= 0.3 is 0 Å². The third-order valence-corrected chi connectivity index (χ3v) is 3.44. The Balaban J connectivity index is 0.000000829. The fraction of sp³-hybridized carbons (Fsp3) is 0.588. The summed E-state index contributed by atoms with van der Waals surface area (Å²) in [4.78, 5) is 4.22. The highest BCUT2D eigenvalue weighted by molar-refractivity contribution is 5.67. The topological polar surface area (TPSA) is 37.5 Å². The van der Waals surface area contributed by atoms with E-state index < -0.39 is 0 Å². The summed E-state index contributed by atoms with van der Waals surface area (Å²) < 4.78 is 2.32. The molecular formula is C17H30N2O. The maximum Gasteiger partial charge on any atom is 0.139 e. The monoisotopic (exact) mass is 278 g/mol. The summed E-state index contributed by atoms with van der Waals surface area (Å²) in [5, 5.41) is 7.00. The predicted octanol–water partition coefficient (Wildman–Crippen LogP) is 4.91. The number of aliphatic imine (C=N–C) groups is 1. The average molecular weight is 278 g/mol. The molecule has 0 atom stereocenters. The Morgan fingerprint density at radius 2 is 1.85 bits per heavy atom. The maximum atomic E-state index is 7.00. The second-order valence-corrected chi connectivity index (χ2v) is 4.55. The number of rotatable bonds is 3. The van der Waals surface area contributed by atoms with Gasteiger partial charge in [0, 0.05) is 24.9 Å². The molecule has 1 saturated carbocycles. The smallest absolute Gasteiger partial charge is 0.139 e. The molecule has 0 unspecified atom stereocenters. The van der Waals surface area contributed by atoms with Crippen molar-refractivity contribution in [1.82, 2.24) is 4.57 Å². The fourth-order valence-corrected chi connectivity index (χ4v) is 2.65. The molecule has 0 bridgehead atoms. The molecular weight excluding hydrogens is 248 g/mol. The Labute approximate surface area is 124 Å². The second kappa shape index (κ2) is 10.4. The van der Waals surface area contributed by atoms with Crippen molar-refractivity contribution in [2.45, 2.75) is 59.4 Å². The minimum atomic E-state index is 0.637. The summed E-state index contributed by atoms with van der Waals surface area (Å²) in [5.41, 5.74) is 2.52. The van der Waals surface area contributed by atoms with E-state index in [1.54, 1.807) is 0 Å². The van der Waals surface area contributed by atoms with Crippen molar-refractivity contribution in [3.8, 4) is 0 Å². The number of hydrogen-bond acceptors (Lipinski definition) is 2. The van der Waals surface area contributed by atoms with Gasteiger partial charge in [0.1, 0.15) is 5.82 Å². The molecule has 0 spiro atoms. The molecule has 1 aromatic rings. The molecule has 0 radical (unpaired) electrons. The highest BCUT2D eigenvalue weighted by Gasteiger charge is 2.21. The van der Waals surface area contributed by atoms with Gasteiger partial charge in [0.2, 0.25) is 0 Å². The minimum Gasteiger partial charge on any atom is -0.400 e. The van der Waals surface area contributed by atoms with Gasteiger partial charge < -0.3 is 9.67 Å². The summed E-state index contributed by atoms with van der Waals surface area (Å²) in [5.74, 6) is 1.04. The maximum absolute atomic E-state index is 7.00. The third kappa shape index (κ3) is 4.34. The van der Waals surface area contributed by atoms with Crippen LogP contribution in [0.4, 0.5) is 5.82 Å². The van der Waals surface area contributed by atoms with Gasteiger partial charge in [-0.3, -0.25) is 0 Å². The van der Waals surface area contributed by atoms with E-state index in [4.69, 9.17) is 5.11 Å². The van der Waals surface area contributed by atoms with E-state index in [1.807, 2.05) is 20.8 Å². The van der Waals surface area contributed by atoms with Gasteiger partial charge in [-0.15, -0.1) is 0 Å². The number of aromatic nitrogens is 1. The summed E-state index contributed by atoms with van der Waals surface area (Å²) in [6.07, 6.45) is 11.7. The van der Waals surface area contributed by atoms with Crippen LogP contribution in [0, 0.1) is 6.92 Å². The Hall–Kier alpha value is -1.35. The van der Waals surface area contributed by atoms with E-state index in [0.29, 0.717) is 6.04 Å². The zero-order valence-electron chi connectivity index (χ0n) is 13.7. The van der Waals surface area contributed by atoms with E-state index in [0.717, 1.165) is 12.9 Å². The van der Waals surface area contributed by atoms with Crippen LogP contribution < -0.4 is 0 Å². The van der Waals surface area contributed by atoms with Gasteiger partial charge in [-0.05, 0) is 39.0 Å². The molecule has 0 aliphatic heterocycles. The molecule has 0 saturated heterocycles. The molecule has 3 nitrogen and oxygen atoms in total. The van der Waals surface area contributed by atoms with Crippen molar-refractivity contribution in [1.29, 1.82) is 0 Å². The van der Waals surface area contributed by atoms with Crippen LogP contribution in [-0.4, -0.2) is 23.5 Å². The molecule has 1 aliphatic rings. The quantitative estimate of drug-likeness (QED) is 0.784. The van der Waals surface area contributed by atoms with Crippen LogP contribution >= 0.6 is 0 Å². The van der Waals surface area contributed by atoms with E-state index in [-0.39, 0.29) is 0 Å². The van der Waals surface area contributed by atoms with Crippen LogP contribution in [0.15, 0.2) is 17.3 Å². The lowest BCUT2D eigenvalue weighted by Gasteiger charge is -2.13. The van der Waals surface area contributed by atoms with E-state index >= 15 is 0 Å². The molecule has 0 aromatic carbocycles. The van der Waals surface area contributed by atoms with Crippen molar-refractivity contribution in [2.24, 2.45) is 4.99 Å². The van der Waals surface area contributed by atoms with Crippen molar-refractivity contribution >= 4 is 18.6 Å². The molecule has 1 heterocycles. The van der Waals surface area contributed by atoms with E-state index in [2.05, 4.69) is 41.5 Å². The normalized spacial score (nSPS) is 14.5. The Morgan fingerprint density at radius 1 is 1.30 bits per heavy atom. The molecule has 2 rings (SSSR count). The van der Waals surface area contributed by atoms with Crippen LogP contribution in [0.25, 0.3) is 6.08 Å². The lowest BCUT2D eigenvalue weighted by atomic mass is 10.2. The Bertz CT molecular complexity index is 413. The largest absolute Gasteiger partial charge is 0.400 e. The first-order valence-corrected chi connectivity index (χ1v) is 7.53. The van der Waals surface area contributed by atoms with Gasteiger partial charge in [-0.25, -0.2) is 4.99 Å². The summed E-state index contributed by atoms with van der Waals surface area (Å²) >= 11 is 0. The Morgan fingerprint density at radius 3 is 2.30 bits per heavy atom. The molecule has 1 aliphatic carbocycles. The van der Waals surface area contributed by atoms with Crippen molar-refractivity contribution in [3.05, 3.63) is 23.4 Å². The van der Waals surface area contributed by atoms with Gasteiger partial charge in [0.05, 0.1) is 0 Å². The second-order valence-electron chi connectivity index (χ2n) is 4.55. The number of hydrogen-bond donors (Lipinski definition) is 1. The molecule has 1 N–H and O–H groups in total. The highest BCUT2D eigenvalue weighted by Crippen LogP contribution is 2.36. The lowest BCUT2D eigenvalue weighted by Crippen LogP contribution is -2.02. The van der Waals surface area contributed by atoms with Crippen LogP contribution in [0.1, 0.15) is 63.6 Å². The zero-order chi connectivity index (χ0) is 15.5. The number of nitrogens with zero attached hydrogens (tertiary/aromatic N) is 2. The van der Waals surface area contributed by atoms with Crippen molar-refractivity contribution in [2.75, 3.05) is 7.11 Å². The van der Waals surface area contributed by atoms with Crippen molar-refractivity contribution in [3.63, 3.8) is 0 Å². The molecule has 3 heteroatoms. The van der Waals surface area contributed by atoms with Gasteiger partial charge in [0.25, 0.3) is 0 Å². The average Bonchev–Trinajstić information content (AvgIpc) is 3.12. The first-order valence-electron chi connectivity index (χ1n) is 7.53. The van der Waals surface area contributed by atoms with E-state index in [9.17, 15) is 0 Å². The molecule has 1 aromatic heterocycles. The minimum absolute atomic E-state index is 0.637. The van der Waals surface area contributed by atoms with Gasteiger partial charge in [-0.2, -0.15) is 0 Å². The highest BCUT2D eigenvalue weighted by atomic mass is 16.2. The molecule has 20 heavy (non-hydrogen) atoms. The molecule has 1 fully saturated rings. The summed E-state index contributed by atoms with van der Waals surface area (Å²) in [7, 11) is 1.00. The molecule has 0 amide bonds. The summed E-state index contributed by atoms with van der Waals surface area (Å²) in [6.45, 7) is 11.9. The number of aryl methyl sites for hydroxylation is 1. The molecule has 114 valence electrons. The van der Waals surface area contributed by atoms with Crippen LogP contribution in [-0.2, 0) is 0 Å². The van der Waals surface area contributed by atoms with Crippen LogP contribution in [0.3, 0.4) is 0 Å². The summed E-state index contributed by atoms with van der Waals surface area (Å²) in [6, 6.07) is 0.637. The van der Waals surface area contributed by atoms with Crippen LogP contribution in [0.2, 0.25) is 0 Å². The van der Waals surface area contributed by atoms with Gasteiger partial charge in [0.15, 0.2) is 0 Å². The lowest BCUT2D eigenvalue weighted by molar-refractivity contribution is 0.399. The van der Waals surface area contributed by atoms with Gasteiger partial charge in [-0.1, -0.05) is 38.8 Å². The zero-order valence-corrected chi connectivity index (χ0v) is 13.7.